The molecule has 1 atom stereocenters. The minimum absolute atomic E-state index is 0. The van der Waals surface area contributed by atoms with Gasteiger partial charge in [0.2, 0.25) is 0 Å². The van der Waals surface area contributed by atoms with Crippen LogP contribution in [-0.4, -0.2) is 24.9 Å². The summed E-state index contributed by atoms with van der Waals surface area (Å²) in [6.07, 6.45) is 0. The van der Waals surface area contributed by atoms with Gasteiger partial charge < -0.3 is 10.5 Å². The average molecular weight is 151 g/mol. The normalized spacial score (nSPS) is 11.4. The van der Waals surface area contributed by atoms with Gasteiger partial charge in [0, 0.05) is 5.75 Å². The van der Waals surface area contributed by atoms with E-state index in [-0.39, 0.29) is 7.43 Å². The predicted octanol–water partition coefficient (Wildman–Crippen LogP) is 0.0526. The molecule has 4 heteroatoms. The van der Waals surface area contributed by atoms with Crippen molar-refractivity contribution in [2.75, 3.05) is 12.9 Å². The lowest BCUT2D eigenvalue weighted by atomic mass is 10.4. The van der Waals surface area contributed by atoms with E-state index in [1.807, 2.05) is 0 Å². The van der Waals surface area contributed by atoms with Crippen LogP contribution in [0.5, 0.6) is 0 Å². The standard InChI is InChI=1S/C4H9NO2S.CH4/c1-7-4(6)3(5)2-8;/h3,8H,2,5H2,1H3;1H4/t3-;/m0./s1. The van der Waals surface area contributed by atoms with Crippen molar-refractivity contribution in [1.29, 1.82) is 0 Å². The molecule has 0 unspecified atom stereocenters. The molecule has 2 N–H and O–H groups in total. The molecule has 0 rings (SSSR count). The van der Waals surface area contributed by atoms with Gasteiger partial charge >= 0.3 is 5.97 Å². The summed E-state index contributed by atoms with van der Waals surface area (Å²) in [5, 5.41) is 0. The summed E-state index contributed by atoms with van der Waals surface area (Å²) in [6, 6.07) is -0.580. The molecule has 0 aliphatic rings. The van der Waals surface area contributed by atoms with E-state index in [0.29, 0.717) is 5.75 Å². The summed E-state index contributed by atoms with van der Waals surface area (Å²) >= 11 is 3.78. The van der Waals surface area contributed by atoms with Gasteiger partial charge in [-0.3, -0.25) is 4.79 Å². The Morgan fingerprint density at radius 1 is 1.89 bits per heavy atom. The second-order valence-corrected chi connectivity index (χ2v) is 1.68. The van der Waals surface area contributed by atoms with Crippen LogP contribution in [0.3, 0.4) is 0 Å². The van der Waals surface area contributed by atoms with E-state index in [4.69, 9.17) is 5.73 Å². The van der Waals surface area contributed by atoms with E-state index in [9.17, 15) is 4.79 Å². The third-order valence-corrected chi connectivity index (χ3v) is 1.09. The quantitative estimate of drug-likeness (QED) is 0.433. The number of hydrogen-bond donors (Lipinski definition) is 2. The largest absolute Gasteiger partial charge is 0.468 e. The molecule has 0 heterocycles. The van der Waals surface area contributed by atoms with Crippen LogP contribution in [0.25, 0.3) is 0 Å². The summed E-state index contributed by atoms with van der Waals surface area (Å²) in [4.78, 5) is 10.3. The molecule has 56 valence electrons. The molecule has 0 spiro atoms. The highest BCUT2D eigenvalue weighted by Gasteiger charge is 2.09. The van der Waals surface area contributed by atoms with Crippen molar-refractivity contribution in [2.45, 2.75) is 13.5 Å². The van der Waals surface area contributed by atoms with E-state index in [1.165, 1.54) is 7.11 Å². The van der Waals surface area contributed by atoms with Crippen molar-refractivity contribution in [3.63, 3.8) is 0 Å². The Hall–Kier alpha value is -0.220. The summed E-state index contributed by atoms with van der Waals surface area (Å²) in [7, 11) is 1.30. The van der Waals surface area contributed by atoms with Crippen molar-refractivity contribution < 1.29 is 9.53 Å². The van der Waals surface area contributed by atoms with E-state index in [1.54, 1.807) is 0 Å². The maximum atomic E-state index is 10.3. The van der Waals surface area contributed by atoms with Gasteiger partial charge in [-0.05, 0) is 0 Å². The third kappa shape index (κ3) is 4.29. The molecular formula is C5H13NO2S. The van der Waals surface area contributed by atoms with Gasteiger partial charge in [0.05, 0.1) is 7.11 Å². The van der Waals surface area contributed by atoms with E-state index < -0.39 is 12.0 Å². The lowest BCUT2D eigenvalue weighted by molar-refractivity contribution is -0.141. The molecule has 0 saturated carbocycles. The van der Waals surface area contributed by atoms with Crippen molar-refractivity contribution in [2.24, 2.45) is 5.73 Å². The number of esters is 1. The number of carbonyl (C=O) groups excluding carboxylic acids is 1. The minimum atomic E-state index is -0.580. The van der Waals surface area contributed by atoms with Gasteiger partial charge in [-0.2, -0.15) is 12.6 Å². The molecule has 9 heavy (non-hydrogen) atoms. The molecule has 3 nitrogen and oxygen atoms in total. The fourth-order valence-electron chi connectivity index (χ4n) is 0.226. The fraction of sp³-hybridized carbons (Fsp3) is 0.800. The highest BCUT2D eigenvalue weighted by atomic mass is 32.1. The maximum Gasteiger partial charge on any atom is 0.323 e. The minimum Gasteiger partial charge on any atom is -0.468 e. The lowest BCUT2D eigenvalue weighted by Gasteiger charge is -2.02. The van der Waals surface area contributed by atoms with Crippen LogP contribution >= 0.6 is 12.6 Å². The molecule has 0 aromatic heterocycles. The Morgan fingerprint density at radius 3 is 2.44 bits per heavy atom. The van der Waals surface area contributed by atoms with Crippen molar-refractivity contribution in [3.8, 4) is 0 Å². The Kier molecular flexibility index (Phi) is 7.59. The predicted molar refractivity (Wildman–Crippen MR) is 40.6 cm³/mol. The SMILES string of the molecule is C.COC(=O)[C@@H](N)CS. The molecule has 0 radical (unpaired) electrons. The molecule has 0 amide bonds. The second-order valence-electron chi connectivity index (χ2n) is 1.31. The molecule has 0 bridgehead atoms. The van der Waals surface area contributed by atoms with E-state index in [0.717, 1.165) is 0 Å². The van der Waals surface area contributed by atoms with Crippen molar-refractivity contribution in [1.82, 2.24) is 0 Å². The number of rotatable bonds is 2. The number of hydrogen-bond acceptors (Lipinski definition) is 4. The van der Waals surface area contributed by atoms with Crippen molar-refractivity contribution in [3.05, 3.63) is 0 Å². The summed E-state index contributed by atoms with van der Waals surface area (Å²) < 4.78 is 4.29. The molecule has 0 aromatic rings. The van der Waals surface area contributed by atoms with Crippen LogP contribution in [0, 0.1) is 0 Å². The molecular weight excluding hydrogens is 138 g/mol. The van der Waals surface area contributed by atoms with Crippen LogP contribution in [0.1, 0.15) is 7.43 Å². The topological polar surface area (TPSA) is 52.3 Å². The fourth-order valence-corrected chi connectivity index (χ4v) is 0.375. The zero-order valence-corrected chi connectivity index (χ0v) is 5.52. The second kappa shape index (κ2) is 5.91. The Labute approximate surface area is 61.0 Å². The van der Waals surface area contributed by atoms with E-state index >= 15 is 0 Å². The Balaban J connectivity index is 0. The van der Waals surface area contributed by atoms with Gasteiger partial charge in [-0.1, -0.05) is 7.43 Å². The van der Waals surface area contributed by atoms with Crippen LogP contribution < -0.4 is 5.73 Å². The van der Waals surface area contributed by atoms with E-state index in [2.05, 4.69) is 17.4 Å². The monoisotopic (exact) mass is 151 g/mol. The van der Waals surface area contributed by atoms with Gasteiger partial charge in [0.15, 0.2) is 0 Å². The molecule has 0 aliphatic heterocycles. The number of ether oxygens (including phenoxy) is 1. The third-order valence-electron chi connectivity index (χ3n) is 0.701. The number of thiol groups is 1. The van der Waals surface area contributed by atoms with Crippen LogP contribution in [0.15, 0.2) is 0 Å². The van der Waals surface area contributed by atoms with Gasteiger partial charge in [-0.15, -0.1) is 0 Å². The number of methoxy groups -OCH3 is 1. The summed E-state index contributed by atoms with van der Waals surface area (Å²) in [5.74, 6) is -0.0906. The highest BCUT2D eigenvalue weighted by Crippen LogP contribution is 1.84. The van der Waals surface area contributed by atoms with Gasteiger partial charge in [0.25, 0.3) is 0 Å². The van der Waals surface area contributed by atoms with Gasteiger partial charge in [0.1, 0.15) is 6.04 Å². The first-order valence-electron chi connectivity index (χ1n) is 2.16. The van der Waals surface area contributed by atoms with Crippen LogP contribution in [0.2, 0.25) is 0 Å². The first-order valence-corrected chi connectivity index (χ1v) is 2.80. The molecule has 0 saturated heterocycles. The lowest BCUT2D eigenvalue weighted by Crippen LogP contribution is -2.32. The molecule has 0 fully saturated rings. The first-order chi connectivity index (χ1) is 3.72. The van der Waals surface area contributed by atoms with Crippen molar-refractivity contribution >= 4 is 18.6 Å². The first kappa shape index (κ1) is 11.6. The molecule has 0 aliphatic carbocycles. The van der Waals surface area contributed by atoms with Gasteiger partial charge in [-0.25, -0.2) is 0 Å². The smallest absolute Gasteiger partial charge is 0.323 e. The molecule has 0 aromatic carbocycles. The Bertz CT molecular complexity index is 87.0. The zero-order valence-electron chi connectivity index (χ0n) is 4.63. The average Bonchev–Trinajstić information content (AvgIpc) is 1.84. The van der Waals surface area contributed by atoms with Crippen LogP contribution in [-0.2, 0) is 9.53 Å². The highest BCUT2D eigenvalue weighted by molar-refractivity contribution is 7.80. The summed E-state index contributed by atoms with van der Waals surface area (Å²) in [6.45, 7) is 0. The Morgan fingerprint density at radius 2 is 2.33 bits per heavy atom. The summed E-state index contributed by atoms with van der Waals surface area (Å²) in [5.41, 5.74) is 5.18. The zero-order chi connectivity index (χ0) is 6.57. The van der Waals surface area contributed by atoms with Crippen LogP contribution in [0.4, 0.5) is 0 Å². The number of nitrogens with two attached hydrogens (primary N) is 1. The number of carbonyl (C=O) groups is 1. The maximum absolute atomic E-state index is 10.3.